The van der Waals surface area contributed by atoms with E-state index < -0.39 is 4.92 Å². The van der Waals surface area contributed by atoms with Crippen LogP contribution in [0.1, 0.15) is 17.5 Å². The Balaban J connectivity index is 1.53. The zero-order chi connectivity index (χ0) is 22.5. The van der Waals surface area contributed by atoms with Crippen LogP contribution in [0.5, 0.6) is 0 Å². The summed E-state index contributed by atoms with van der Waals surface area (Å²) in [5.41, 5.74) is 2.43. The van der Waals surface area contributed by atoms with Crippen LogP contribution in [0.25, 0.3) is 6.08 Å². The van der Waals surface area contributed by atoms with Gasteiger partial charge in [0.25, 0.3) is 16.8 Å². The third-order valence-corrected chi connectivity index (χ3v) is 6.33. The molecule has 2 amide bonds. The summed E-state index contributed by atoms with van der Waals surface area (Å²) in [6.07, 6.45) is 3.04. The molecule has 2 aliphatic heterocycles. The van der Waals surface area contributed by atoms with Gasteiger partial charge in [0.05, 0.1) is 23.0 Å². The number of anilines is 1. The van der Waals surface area contributed by atoms with Crippen molar-refractivity contribution in [1.82, 2.24) is 4.90 Å². The number of benzene rings is 2. The highest BCUT2D eigenvalue weighted by Gasteiger charge is 2.35. The van der Waals surface area contributed by atoms with Crippen LogP contribution in [-0.4, -0.2) is 53.8 Å². The topological polar surface area (TPSA) is 93.0 Å². The average Bonchev–Trinajstić information content (AvgIpc) is 3.07. The Kier molecular flexibility index (Phi) is 6.87. The summed E-state index contributed by atoms with van der Waals surface area (Å²) < 4.78 is 5.40. The minimum absolute atomic E-state index is 0.0599. The molecule has 2 aromatic carbocycles. The van der Waals surface area contributed by atoms with Crippen molar-refractivity contribution in [1.29, 1.82) is 0 Å². The fourth-order valence-electron chi connectivity index (χ4n) is 3.78. The fraction of sp³-hybridized carbons (Fsp3) is 0.304. The Bertz CT molecular complexity index is 1050. The van der Waals surface area contributed by atoms with E-state index >= 15 is 0 Å². The number of nitro groups is 1. The van der Waals surface area contributed by atoms with Gasteiger partial charge in [-0.2, -0.15) is 0 Å². The van der Waals surface area contributed by atoms with Gasteiger partial charge >= 0.3 is 0 Å². The highest BCUT2D eigenvalue weighted by molar-refractivity contribution is 8.18. The maximum atomic E-state index is 12.9. The number of non-ortho nitro benzene ring substituents is 1. The third-order valence-electron chi connectivity index (χ3n) is 5.42. The zero-order valence-corrected chi connectivity index (χ0v) is 18.3. The maximum absolute atomic E-state index is 12.9. The van der Waals surface area contributed by atoms with Crippen molar-refractivity contribution in [3.63, 3.8) is 0 Å². The van der Waals surface area contributed by atoms with E-state index in [9.17, 15) is 19.7 Å². The molecule has 0 spiro atoms. The van der Waals surface area contributed by atoms with Gasteiger partial charge in [-0.3, -0.25) is 24.6 Å². The normalized spacial score (nSPS) is 17.9. The van der Waals surface area contributed by atoms with Crippen LogP contribution in [0.15, 0.2) is 53.4 Å². The molecule has 0 aromatic heterocycles. The van der Waals surface area contributed by atoms with Gasteiger partial charge in [0.15, 0.2) is 0 Å². The molecule has 2 saturated heterocycles. The monoisotopic (exact) mass is 453 g/mol. The van der Waals surface area contributed by atoms with Crippen molar-refractivity contribution >= 4 is 40.4 Å². The number of thioether (sulfide) groups is 1. The van der Waals surface area contributed by atoms with Crippen molar-refractivity contribution in [3.05, 3.63) is 74.7 Å². The summed E-state index contributed by atoms with van der Waals surface area (Å²) in [6, 6.07) is 14.5. The molecule has 9 heteroatoms. The predicted octanol–water partition coefficient (Wildman–Crippen LogP) is 4.10. The summed E-state index contributed by atoms with van der Waals surface area (Å²) in [4.78, 5) is 39.8. The van der Waals surface area contributed by atoms with Gasteiger partial charge in [-0.1, -0.05) is 30.3 Å². The first-order valence-corrected chi connectivity index (χ1v) is 11.2. The van der Waals surface area contributed by atoms with Gasteiger partial charge in [0, 0.05) is 43.0 Å². The molecule has 2 aromatic rings. The Morgan fingerprint density at radius 1 is 1.09 bits per heavy atom. The van der Waals surface area contributed by atoms with Crippen molar-refractivity contribution in [2.45, 2.75) is 12.8 Å². The lowest BCUT2D eigenvalue weighted by Crippen LogP contribution is -2.36. The molecular weight excluding hydrogens is 430 g/mol. The number of amides is 2. The standard InChI is InChI=1S/C23H23N3O5S/c27-22-21(32-23(28)25(22)10-4-7-17-5-2-1-3-6-17)16-18-15-19(26(29)30)8-9-20(18)24-11-13-31-14-12-24/h1-3,5-6,8-9,15-16H,4,7,10-14H2/b21-16-. The number of rotatable bonds is 7. The Morgan fingerprint density at radius 2 is 1.84 bits per heavy atom. The smallest absolute Gasteiger partial charge is 0.293 e. The van der Waals surface area contributed by atoms with Gasteiger partial charge in [-0.25, -0.2) is 0 Å². The van der Waals surface area contributed by atoms with Gasteiger partial charge < -0.3 is 9.64 Å². The van der Waals surface area contributed by atoms with Gasteiger partial charge in [0.2, 0.25) is 0 Å². The van der Waals surface area contributed by atoms with Crippen LogP contribution in [0.3, 0.4) is 0 Å². The van der Waals surface area contributed by atoms with E-state index in [1.165, 1.54) is 17.0 Å². The van der Waals surface area contributed by atoms with Crippen LogP contribution in [0.4, 0.5) is 16.2 Å². The van der Waals surface area contributed by atoms with Gasteiger partial charge in [-0.15, -0.1) is 0 Å². The minimum Gasteiger partial charge on any atom is -0.378 e. The fourth-order valence-corrected chi connectivity index (χ4v) is 4.64. The van der Waals surface area contributed by atoms with Crippen molar-refractivity contribution in [3.8, 4) is 0 Å². The molecule has 2 aliphatic rings. The third kappa shape index (κ3) is 5.00. The van der Waals surface area contributed by atoms with Gasteiger partial charge in [0.1, 0.15) is 0 Å². The molecule has 0 atom stereocenters. The van der Waals surface area contributed by atoms with E-state index in [0.29, 0.717) is 44.8 Å². The second kappa shape index (κ2) is 9.97. The number of hydrogen-bond donors (Lipinski definition) is 0. The summed E-state index contributed by atoms with van der Waals surface area (Å²) in [5, 5.41) is 11.0. The molecule has 4 rings (SSSR count). The number of carbonyl (C=O) groups is 2. The molecule has 0 bridgehead atoms. The van der Waals surface area contributed by atoms with Crippen LogP contribution in [0.2, 0.25) is 0 Å². The Morgan fingerprint density at radius 3 is 2.56 bits per heavy atom. The summed E-state index contributed by atoms with van der Waals surface area (Å²) in [7, 11) is 0. The van der Waals surface area contributed by atoms with E-state index in [0.717, 1.165) is 29.4 Å². The Labute approximate surface area is 190 Å². The molecule has 8 nitrogen and oxygen atoms in total. The first-order chi connectivity index (χ1) is 15.5. The summed E-state index contributed by atoms with van der Waals surface area (Å²) in [5.74, 6) is -0.354. The van der Waals surface area contributed by atoms with Crippen LogP contribution < -0.4 is 4.90 Å². The number of morpholine rings is 1. The minimum atomic E-state index is -0.463. The van der Waals surface area contributed by atoms with Crippen molar-refractivity contribution < 1.29 is 19.2 Å². The lowest BCUT2D eigenvalue weighted by molar-refractivity contribution is -0.384. The van der Waals surface area contributed by atoms with E-state index in [-0.39, 0.29) is 21.7 Å². The molecule has 0 unspecified atom stereocenters. The second-order valence-corrected chi connectivity index (χ2v) is 8.52. The molecule has 0 aliphatic carbocycles. The second-order valence-electron chi connectivity index (χ2n) is 7.52. The zero-order valence-electron chi connectivity index (χ0n) is 17.4. The van der Waals surface area contributed by atoms with Crippen LogP contribution in [0, 0.1) is 10.1 Å². The first-order valence-electron chi connectivity index (χ1n) is 10.4. The number of imide groups is 1. The lowest BCUT2D eigenvalue weighted by Gasteiger charge is -2.30. The maximum Gasteiger partial charge on any atom is 0.293 e. The molecule has 32 heavy (non-hydrogen) atoms. The number of nitro benzene ring substituents is 1. The average molecular weight is 454 g/mol. The van der Waals surface area contributed by atoms with E-state index in [1.54, 1.807) is 12.1 Å². The predicted molar refractivity (Wildman–Crippen MR) is 124 cm³/mol. The molecule has 2 heterocycles. The molecule has 0 radical (unpaired) electrons. The molecule has 0 saturated carbocycles. The quantitative estimate of drug-likeness (QED) is 0.354. The van der Waals surface area contributed by atoms with E-state index in [4.69, 9.17) is 4.74 Å². The molecular formula is C23H23N3O5S. The number of nitrogens with zero attached hydrogens (tertiary/aromatic N) is 3. The number of ether oxygens (including phenoxy) is 1. The first kappa shape index (κ1) is 22.0. The number of hydrogen-bond acceptors (Lipinski definition) is 7. The lowest BCUT2D eigenvalue weighted by atomic mass is 10.1. The van der Waals surface area contributed by atoms with E-state index in [1.807, 2.05) is 30.3 Å². The van der Waals surface area contributed by atoms with E-state index in [2.05, 4.69) is 4.90 Å². The highest BCUT2D eigenvalue weighted by atomic mass is 32.2. The van der Waals surface area contributed by atoms with Crippen LogP contribution >= 0.6 is 11.8 Å². The molecule has 0 N–H and O–H groups in total. The van der Waals surface area contributed by atoms with Crippen molar-refractivity contribution in [2.75, 3.05) is 37.7 Å². The van der Waals surface area contributed by atoms with Crippen LogP contribution in [-0.2, 0) is 16.0 Å². The highest BCUT2D eigenvalue weighted by Crippen LogP contribution is 2.35. The van der Waals surface area contributed by atoms with Gasteiger partial charge in [-0.05, 0) is 42.3 Å². The number of aryl methyl sites for hydroxylation is 1. The summed E-state index contributed by atoms with van der Waals surface area (Å²) in [6.45, 7) is 2.77. The number of carbonyl (C=O) groups excluding carboxylic acids is 2. The summed E-state index contributed by atoms with van der Waals surface area (Å²) >= 11 is 0.878. The largest absolute Gasteiger partial charge is 0.378 e. The molecule has 166 valence electrons. The van der Waals surface area contributed by atoms with Crippen molar-refractivity contribution in [2.24, 2.45) is 0 Å². The molecule has 2 fully saturated rings. The Hall–Kier alpha value is -3.17. The SMILES string of the molecule is O=C1S/C(=C\c2cc([N+](=O)[O-])ccc2N2CCOCC2)C(=O)N1CCCc1ccccc1.